The van der Waals surface area contributed by atoms with Crippen molar-refractivity contribution in [3.8, 4) is 11.5 Å². The minimum Gasteiger partial charge on any atom is -0.441 e. The van der Waals surface area contributed by atoms with Crippen molar-refractivity contribution >= 4 is 5.78 Å². The van der Waals surface area contributed by atoms with Gasteiger partial charge in [-0.15, -0.1) is 0 Å². The summed E-state index contributed by atoms with van der Waals surface area (Å²) in [7, 11) is 0. The molecule has 0 saturated heterocycles. The van der Waals surface area contributed by atoms with Gasteiger partial charge in [-0.05, 0) is 26.0 Å². The first-order valence-corrected chi connectivity index (χ1v) is 5.16. The van der Waals surface area contributed by atoms with E-state index in [1.165, 1.54) is 6.92 Å². The van der Waals surface area contributed by atoms with Crippen LogP contribution in [0, 0.1) is 6.92 Å². The lowest BCUT2D eigenvalue weighted by Crippen LogP contribution is -1.93. The molecular formula is C13H13NO2. The largest absolute Gasteiger partial charge is 0.441 e. The highest BCUT2D eigenvalue weighted by Gasteiger charge is 2.07. The van der Waals surface area contributed by atoms with Crippen LogP contribution in [0.3, 0.4) is 0 Å². The van der Waals surface area contributed by atoms with Gasteiger partial charge >= 0.3 is 0 Å². The molecule has 0 aliphatic heterocycles. The van der Waals surface area contributed by atoms with E-state index in [9.17, 15) is 4.79 Å². The zero-order chi connectivity index (χ0) is 11.5. The molecule has 82 valence electrons. The first-order valence-electron chi connectivity index (χ1n) is 5.16. The maximum absolute atomic E-state index is 10.9. The lowest BCUT2D eigenvalue weighted by Gasteiger charge is -1.96. The van der Waals surface area contributed by atoms with Crippen LogP contribution in [-0.4, -0.2) is 10.8 Å². The highest BCUT2D eigenvalue weighted by atomic mass is 16.4. The minimum absolute atomic E-state index is 0.0759. The smallest absolute Gasteiger partial charge is 0.226 e. The first-order chi connectivity index (χ1) is 7.65. The second kappa shape index (κ2) is 4.31. The Labute approximate surface area is 94.1 Å². The second-order valence-electron chi connectivity index (χ2n) is 3.88. The Morgan fingerprint density at radius 2 is 2.25 bits per heavy atom. The summed E-state index contributed by atoms with van der Waals surface area (Å²) in [5, 5.41) is 0. The van der Waals surface area contributed by atoms with Gasteiger partial charge in [-0.25, -0.2) is 4.98 Å². The van der Waals surface area contributed by atoms with Crippen LogP contribution in [0.1, 0.15) is 18.2 Å². The summed E-state index contributed by atoms with van der Waals surface area (Å²) in [6.45, 7) is 3.55. The molecule has 0 fully saturated rings. The molecular weight excluding hydrogens is 202 g/mol. The predicted molar refractivity (Wildman–Crippen MR) is 61.1 cm³/mol. The van der Waals surface area contributed by atoms with Gasteiger partial charge in [0.05, 0.1) is 12.6 Å². The average Bonchev–Trinajstić information content (AvgIpc) is 2.65. The number of benzene rings is 1. The molecule has 0 N–H and O–H groups in total. The molecule has 1 aromatic carbocycles. The summed E-state index contributed by atoms with van der Waals surface area (Å²) in [5.41, 5.74) is 2.10. The number of hydrogen-bond acceptors (Lipinski definition) is 3. The van der Waals surface area contributed by atoms with Crippen LogP contribution in [0.5, 0.6) is 0 Å². The maximum atomic E-state index is 10.9. The topological polar surface area (TPSA) is 43.1 Å². The number of ketones is 1. The number of aromatic nitrogens is 1. The third kappa shape index (κ3) is 2.37. The molecule has 0 unspecified atom stereocenters. The average molecular weight is 215 g/mol. The van der Waals surface area contributed by atoms with Crippen LogP contribution >= 0.6 is 0 Å². The van der Waals surface area contributed by atoms with Gasteiger partial charge in [-0.3, -0.25) is 4.79 Å². The Balaban J connectivity index is 2.28. The van der Waals surface area contributed by atoms with E-state index in [0.29, 0.717) is 18.1 Å². The number of aryl methyl sites for hydroxylation is 1. The fourth-order valence-electron chi connectivity index (χ4n) is 1.55. The van der Waals surface area contributed by atoms with E-state index in [2.05, 4.69) is 4.98 Å². The second-order valence-corrected chi connectivity index (χ2v) is 3.88. The van der Waals surface area contributed by atoms with Crippen LogP contribution in [-0.2, 0) is 11.2 Å². The number of nitrogens with zero attached hydrogens (tertiary/aromatic N) is 1. The van der Waals surface area contributed by atoms with Crippen molar-refractivity contribution < 1.29 is 9.21 Å². The van der Waals surface area contributed by atoms with Gasteiger partial charge in [0.25, 0.3) is 0 Å². The molecule has 0 amide bonds. The van der Waals surface area contributed by atoms with E-state index in [0.717, 1.165) is 11.1 Å². The third-order valence-electron chi connectivity index (χ3n) is 2.24. The zero-order valence-corrected chi connectivity index (χ0v) is 9.36. The van der Waals surface area contributed by atoms with Crippen molar-refractivity contribution in [2.75, 3.05) is 0 Å². The molecule has 2 rings (SSSR count). The molecule has 0 aliphatic rings. The normalized spacial score (nSPS) is 10.4. The molecule has 3 heteroatoms. The van der Waals surface area contributed by atoms with E-state index in [1.807, 2.05) is 31.2 Å². The summed E-state index contributed by atoms with van der Waals surface area (Å²) in [5.74, 6) is 1.26. The highest BCUT2D eigenvalue weighted by molar-refractivity contribution is 5.77. The van der Waals surface area contributed by atoms with E-state index in [4.69, 9.17) is 4.42 Å². The Kier molecular flexibility index (Phi) is 2.86. The summed E-state index contributed by atoms with van der Waals surface area (Å²) < 4.78 is 5.50. The molecule has 0 atom stereocenters. The number of Topliss-reactive ketones (excluding diaryl/α,β-unsaturated/α-hetero) is 1. The van der Waals surface area contributed by atoms with Crippen LogP contribution < -0.4 is 0 Å². The first kappa shape index (κ1) is 10.6. The SMILES string of the molecule is CC(=O)Cc1cnc(-c2cccc(C)c2)o1. The van der Waals surface area contributed by atoms with Gasteiger partial charge < -0.3 is 4.42 Å². The Morgan fingerprint density at radius 3 is 2.94 bits per heavy atom. The summed E-state index contributed by atoms with van der Waals surface area (Å²) in [6.07, 6.45) is 1.91. The summed E-state index contributed by atoms with van der Waals surface area (Å²) in [4.78, 5) is 15.1. The van der Waals surface area contributed by atoms with E-state index < -0.39 is 0 Å². The van der Waals surface area contributed by atoms with Gasteiger partial charge in [-0.2, -0.15) is 0 Å². The van der Waals surface area contributed by atoms with Crippen LogP contribution in [0.4, 0.5) is 0 Å². The van der Waals surface area contributed by atoms with E-state index >= 15 is 0 Å². The highest BCUT2D eigenvalue weighted by Crippen LogP contribution is 2.20. The molecule has 0 saturated carbocycles. The maximum Gasteiger partial charge on any atom is 0.226 e. The fourth-order valence-corrected chi connectivity index (χ4v) is 1.55. The van der Waals surface area contributed by atoms with Crippen molar-refractivity contribution in [1.82, 2.24) is 4.98 Å². The lowest BCUT2D eigenvalue weighted by atomic mass is 10.1. The van der Waals surface area contributed by atoms with Crippen molar-refractivity contribution in [1.29, 1.82) is 0 Å². The number of carbonyl (C=O) groups is 1. The van der Waals surface area contributed by atoms with Crippen LogP contribution in [0.2, 0.25) is 0 Å². The number of hydrogen-bond donors (Lipinski definition) is 0. The molecule has 2 aromatic rings. The van der Waals surface area contributed by atoms with Crippen molar-refractivity contribution in [3.63, 3.8) is 0 Å². The van der Waals surface area contributed by atoms with Crippen molar-refractivity contribution in [2.24, 2.45) is 0 Å². The molecule has 1 aromatic heterocycles. The molecule has 3 nitrogen and oxygen atoms in total. The number of oxazole rings is 1. The van der Waals surface area contributed by atoms with Gasteiger partial charge in [0.15, 0.2) is 0 Å². The molecule has 0 spiro atoms. The summed E-state index contributed by atoms with van der Waals surface area (Å²) in [6, 6.07) is 7.92. The standard InChI is InChI=1S/C13H13NO2/c1-9-4-3-5-11(6-9)13-14-8-12(16-13)7-10(2)15/h3-6,8H,7H2,1-2H3. The van der Waals surface area contributed by atoms with Crippen molar-refractivity contribution in [2.45, 2.75) is 20.3 Å². The van der Waals surface area contributed by atoms with Gasteiger partial charge in [0, 0.05) is 5.56 Å². The van der Waals surface area contributed by atoms with E-state index in [1.54, 1.807) is 6.20 Å². The predicted octanol–water partition coefficient (Wildman–Crippen LogP) is 2.78. The van der Waals surface area contributed by atoms with E-state index in [-0.39, 0.29) is 5.78 Å². The Hall–Kier alpha value is -1.90. The molecule has 1 heterocycles. The minimum atomic E-state index is 0.0759. The zero-order valence-electron chi connectivity index (χ0n) is 9.36. The molecule has 16 heavy (non-hydrogen) atoms. The molecule has 0 aliphatic carbocycles. The number of rotatable bonds is 3. The van der Waals surface area contributed by atoms with Gasteiger partial charge in [-0.1, -0.05) is 17.7 Å². The van der Waals surface area contributed by atoms with Crippen LogP contribution in [0.25, 0.3) is 11.5 Å². The molecule has 0 bridgehead atoms. The molecule has 0 radical (unpaired) electrons. The monoisotopic (exact) mass is 215 g/mol. The quantitative estimate of drug-likeness (QED) is 0.790. The van der Waals surface area contributed by atoms with Crippen LogP contribution in [0.15, 0.2) is 34.9 Å². The Morgan fingerprint density at radius 1 is 1.44 bits per heavy atom. The lowest BCUT2D eigenvalue weighted by molar-refractivity contribution is -0.116. The third-order valence-corrected chi connectivity index (χ3v) is 2.24. The number of carbonyl (C=O) groups excluding carboxylic acids is 1. The summed E-state index contributed by atoms with van der Waals surface area (Å²) >= 11 is 0. The Bertz CT molecular complexity index is 514. The van der Waals surface area contributed by atoms with Gasteiger partial charge in [0.1, 0.15) is 11.5 Å². The van der Waals surface area contributed by atoms with Crippen molar-refractivity contribution in [3.05, 3.63) is 41.8 Å². The fraction of sp³-hybridized carbons (Fsp3) is 0.231. The van der Waals surface area contributed by atoms with Gasteiger partial charge in [0.2, 0.25) is 5.89 Å².